The van der Waals surface area contributed by atoms with Crippen LogP contribution in [-0.4, -0.2) is 50.4 Å². The van der Waals surface area contributed by atoms with Crippen LogP contribution in [0.5, 0.6) is 5.75 Å². The summed E-state index contributed by atoms with van der Waals surface area (Å²) in [4.78, 5) is 28.9. The maximum atomic E-state index is 14.2. The first-order valence-corrected chi connectivity index (χ1v) is 16.3. The summed E-state index contributed by atoms with van der Waals surface area (Å²) in [5, 5.41) is 3.62. The Morgan fingerprint density at radius 2 is 1.60 bits per heavy atom. The monoisotopic (exact) mass is 629 g/mol. The van der Waals surface area contributed by atoms with E-state index in [4.69, 9.17) is 16.3 Å². The van der Waals surface area contributed by atoms with Gasteiger partial charge >= 0.3 is 0 Å². The third kappa shape index (κ3) is 8.26. The first-order chi connectivity index (χ1) is 20.6. The lowest BCUT2D eigenvalue weighted by Crippen LogP contribution is -2.53. The number of hydrogen-bond acceptors (Lipinski definition) is 5. The number of anilines is 1. The summed E-state index contributed by atoms with van der Waals surface area (Å²) < 4.78 is 48.0. The predicted octanol–water partition coefficient (Wildman–Crippen LogP) is 5.94. The summed E-state index contributed by atoms with van der Waals surface area (Å²) in [6.07, 6.45) is 4.16. The molecule has 4 rings (SSSR count). The zero-order valence-electron chi connectivity index (χ0n) is 24.3. The summed E-state index contributed by atoms with van der Waals surface area (Å²) >= 11 is 6.08. The molecule has 1 saturated carbocycles. The second kappa shape index (κ2) is 14.7. The molecule has 43 heavy (non-hydrogen) atoms. The molecule has 0 heterocycles. The van der Waals surface area contributed by atoms with Crippen LogP contribution in [0.4, 0.5) is 10.1 Å². The van der Waals surface area contributed by atoms with Crippen LogP contribution >= 0.6 is 11.6 Å². The van der Waals surface area contributed by atoms with E-state index in [0.29, 0.717) is 23.8 Å². The van der Waals surface area contributed by atoms with Crippen LogP contribution in [-0.2, 0) is 26.2 Å². The fourth-order valence-electron chi connectivity index (χ4n) is 5.21. The smallest absolute Gasteiger partial charge is 0.264 e. The third-order valence-corrected chi connectivity index (χ3v) is 9.51. The quantitative estimate of drug-likeness (QED) is 0.253. The van der Waals surface area contributed by atoms with Gasteiger partial charge in [0.1, 0.15) is 24.2 Å². The van der Waals surface area contributed by atoms with Crippen molar-refractivity contribution in [3.63, 3.8) is 0 Å². The highest BCUT2D eigenvalue weighted by molar-refractivity contribution is 7.92. The Morgan fingerprint density at radius 3 is 2.19 bits per heavy atom. The minimum absolute atomic E-state index is 0.0493. The van der Waals surface area contributed by atoms with Gasteiger partial charge in [0, 0.05) is 17.6 Å². The zero-order valence-corrected chi connectivity index (χ0v) is 25.9. The molecule has 1 fully saturated rings. The number of rotatable bonds is 13. The molecule has 3 aromatic rings. The van der Waals surface area contributed by atoms with Gasteiger partial charge in [0.2, 0.25) is 11.8 Å². The second-order valence-electron chi connectivity index (χ2n) is 10.5. The normalized spacial score (nSPS) is 14.2. The highest BCUT2D eigenvalue weighted by Gasteiger charge is 2.34. The summed E-state index contributed by atoms with van der Waals surface area (Å²) in [5.74, 6) is -0.889. The van der Waals surface area contributed by atoms with Gasteiger partial charge in [-0.25, -0.2) is 12.8 Å². The molecule has 230 valence electrons. The number of halogens is 2. The molecule has 0 spiro atoms. The number of nitrogens with one attached hydrogen (secondary N) is 1. The van der Waals surface area contributed by atoms with Crippen molar-refractivity contribution in [1.82, 2.24) is 10.2 Å². The van der Waals surface area contributed by atoms with E-state index in [1.54, 1.807) is 48.5 Å². The molecule has 0 saturated heterocycles. The Labute approximate surface area is 257 Å². The van der Waals surface area contributed by atoms with Crippen molar-refractivity contribution in [2.45, 2.75) is 69.5 Å². The van der Waals surface area contributed by atoms with Crippen molar-refractivity contribution in [3.05, 3.63) is 89.2 Å². The summed E-state index contributed by atoms with van der Waals surface area (Å²) in [6.45, 7) is 3.56. The van der Waals surface area contributed by atoms with E-state index >= 15 is 0 Å². The first-order valence-electron chi connectivity index (χ1n) is 14.5. The highest BCUT2D eigenvalue weighted by Crippen LogP contribution is 2.27. The Kier molecular flexibility index (Phi) is 11.0. The Hall–Kier alpha value is -3.63. The molecule has 0 aromatic heterocycles. The van der Waals surface area contributed by atoms with Crippen LogP contribution in [0, 0.1) is 5.82 Å². The maximum absolute atomic E-state index is 14.2. The van der Waals surface area contributed by atoms with Crippen molar-refractivity contribution in [1.29, 1.82) is 0 Å². The van der Waals surface area contributed by atoms with Crippen LogP contribution < -0.4 is 14.4 Å². The minimum atomic E-state index is -4.31. The SMILES string of the molecule is CCOc1ccc(N(CC(=O)N(Cc2ccc(Cl)cc2)[C@@H](CC)C(=O)NC2CCCC2)S(=O)(=O)c2ccc(F)cc2)cc1. The van der Waals surface area contributed by atoms with Gasteiger partial charge in [-0.05, 0) is 92.4 Å². The third-order valence-electron chi connectivity index (χ3n) is 7.47. The van der Waals surface area contributed by atoms with Gasteiger partial charge in [0.05, 0.1) is 17.2 Å². The lowest BCUT2D eigenvalue weighted by atomic mass is 10.1. The van der Waals surface area contributed by atoms with E-state index in [1.165, 1.54) is 4.90 Å². The number of ether oxygens (including phenoxy) is 1. The number of carbonyl (C=O) groups excluding carboxylic acids is 2. The van der Waals surface area contributed by atoms with Gasteiger partial charge in [-0.15, -0.1) is 0 Å². The number of hydrogen-bond donors (Lipinski definition) is 1. The molecule has 1 aliphatic rings. The van der Waals surface area contributed by atoms with Gasteiger partial charge in [0.25, 0.3) is 10.0 Å². The van der Waals surface area contributed by atoms with Gasteiger partial charge < -0.3 is 15.0 Å². The standard InChI is InChI=1S/C32H37ClFN3O5S/c1-3-30(32(39)35-26-7-5-6-8-26)36(21-23-9-11-24(33)12-10-23)31(38)22-37(27-15-17-28(18-16-27)42-4-2)43(40,41)29-19-13-25(34)14-20-29/h9-20,26,30H,3-8,21-22H2,1-2H3,(H,35,39)/t30-/m0/s1. The number of nitrogens with zero attached hydrogens (tertiary/aromatic N) is 2. The van der Waals surface area contributed by atoms with E-state index in [2.05, 4.69) is 5.32 Å². The maximum Gasteiger partial charge on any atom is 0.264 e. The lowest BCUT2D eigenvalue weighted by Gasteiger charge is -2.33. The van der Waals surface area contributed by atoms with Crippen molar-refractivity contribution in [2.75, 3.05) is 17.5 Å². The van der Waals surface area contributed by atoms with Crippen LogP contribution in [0.2, 0.25) is 5.02 Å². The van der Waals surface area contributed by atoms with Gasteiger partial charge in [-0.1, -0.05) is 43.5 Å². The molecule has 1 atom stereocenters. The molecular weight excluding hydrogens is 593 g/mol. The van der Waals surface area contributed by atoms with Crippen LogP contribution in [0.25, 0.3) is 0 Å². The zero-order chi connectivity index (χ0) is 31.0. The van der Waals surface area contributed by atoms with Crippen LogP contribution in [0.3, 0.4) is 0 Å². The Balaban J connectivity index is 1.71. The van der Waals surface area contributed by atoms with Crippen LogP contribution in [0.15, 0.2) is 77.7 Å². The molecule has 8 nitrogen and oxygen atoms in total. The molecule has 11 heteroatoms. The molecule has 2 amide bonds. The Bertz CT molecular complexity index is 1480. The molecule has 1 aliphatic carbocycles. The van der Waals surface area contributed by atoms with Gasteiger partial charge in [0.15, 0.2) is 0 Å². The Morgan fingerprint density at radius 1 is 0.977 bits per heavy atom. The minimum Gasteiger partial charge on any atom is -0.494 e. The molecule has 0 bridgehead atoms. The molecule has 3 aromatic carbocycles. The van der Waals surface area contributed by atoms with E-state index in [1.807, 2.05) is 13.8 Å². The summed E-state index contributed by atoms with van der Waals surface area (Å²) in [6, 6.07) is 16.9. The van der Waals surface area contributed by atoms with E-state index in [0.717, 1.165) is 59.8 Å². The van der Waals surface area contributed by atoms with Crippen molar-refractivity contribution < 1.29 is 27.1 Å². The highest BCUT2D eigenvalue weighted by atomic mass is 35.5. The lowest BCUT2D eigenvalue weighted by molar-refractivity contribution is -0.140. The fraction of sp³-hybridized carbons (Fsp3) is 0.375. The van der Waals surface area contributed by atoms with Gasteiger partial charge in [-0.2, -0.15) is 0 Å². The van der Waals surface area contributed by atoms with Crippen molar-refractivity contribution in [2.24, 2.45) is 0 Å². The van der Waals surface area contributed by atoms with E-state index in [-0.39, 0.29) is 29.1 Å². The van der Waals surface area contributed by atoms with Gasteiger partial charge in [-0.3, -0.25) is 13.9 Å². The van der Waals surface area contributed by atoms with Crippen molar-refractivity contribution in [3.8, 4) is 5.75 Å². The topological polar surface area (TPSA) is 96.0 Å². The summed E-state index contributed by atoms with van der Waals surface area (Å²) in [5.41, 5.74) is 0.954. The number of carbonyl (C=O) groups is 2. The number of benzene rings is 3. The molecular formula is C32H37ClFN3O5S. The summed E-state index contributed by atoms with van der Waals surface area (Å²) in [7, 11) is -4.31. The van der Waals surface area contributed by atoms with E-state index in [9.17, 15) is 22.4 Å². The number of sulfonamides is 1. The predicted molar refractivity (Wildman–Crippen MR) is 165 cm³/mol. The molecule has 0 aliphatic heterocycles. The first kappa shape index (κ1) is 32.3. The average Bonchev–Trinajstić information content (AvgIpc) is 3.50. The molecule has 0 unspecified atom stereocenters. The van der Waals surface area contributed by atoms with Crippen molar-refractivity contribution >= 4 is 39.1 Å². The van der Waals surface area contributed by atoms with E-state index < -0.39 is 34.3 Å². The molecule has 1 N–H and O–H groups in total. The largest absolute Gasteiger partial charge is 0.494 e. The fourth-order valence-corrected chi connectivity index (χ4v) is 6.75. The molecule has 0 radical (unpaired) electrons. The number of amides is 2. The second-order valence-corrected chi connectivity index (χ2v) is 12.8. The van der Waals surface area contributed by atoms with Crippen LogP contribution in [0.1, 0.15) is 51.5 Å². The average molecular weight is 630 g/mol.